The van der Waals surface area contributed by atoms with Crippen molar-refractivity contribution in [3.05, 3.63) is 18.5 Å². The third-order valence-corrected chi connectivity index (χ3v) is 1.83. The van der Waals surface area contributed by atoms with Crippen molar-refractivity contribution in [2.45, 2.75) is 19.4 Å². The molecule has 1 heterocycles. The molecule has 3 N–H and O–H groups in total. The summed E-state index contributed by atoms with van der Waals surface area (Å²) in [6.07, 6.45) is 3.34. The highest BCUT2D eigenvalue weighted by Gasteiger charge is 2.17. The second kappa shape index (κ2) is 4.28. The third kappa shape index (κ3) is 2.88. The first kappa shape index (κ1) is 10.8. The molecular weight excluding hydrogens is 178 g/mol. The second-order valence-corrected chi connectivity index (χ2v) is 3.90. The number of nitrogens with two attached hydrogens (primary N) is 1. The van der Waals surface area contributed by atoms with Crippen molar-refractivity contribution in [3.8, 4) is 0 Å². The van der Waals surface area contributed by atoms with Crippen LogP contribution in [0.1, 0.15) is 13.8 Å². The highest BCUT2D eigenvalue weighted by Crippen LogP contribution is 2.20. The van der Waals surface area contributed by atoms with Gasteiger partial charge in [-0.2, -0.15) is 0 Å². The van der Waals surface area contributed by atoms with Crippen LogP contribution in [0.5, 0.6) is 0 Å². The van der Waals surface area contributed by atoms with Crippen molar-refractivity contribution < 1.29 is 4.74 Å². The average molecular weight is 195 g/mol. The fourth-order valence-electron chi connectivity index (χ4n) is 1.28. The van der Waals surface area contributed by atoms with Gasteiger partial charge in [-0.15, -0.1) is 0 Å². The zero-order valence-corrected chi connectivity index (χ0v) is 8.87. The molecule has 0 amide bonds. The van der Waals surface area contributed by atoms with Crippen LogP contribution >= 0.6 is 0 Å². The van der Waals surface area contributed by atoms with E-state index in [0.717, 1.165) is 5.69 Å². The van der Waals surface area contributed by atoms with E-state index >= 15 is 0 Å². The minimum Gasteiger partial charge on any atom is -0.396 e. The van der Waals surface area contributed by atoms with E-state index in [-0.39, 0.29) is 5.54 Å². The van der Waals surface area contributed by atoms with Gasteiger partial charge in [0, 0.05) is 13.3 Å². The van der Waals surface area contributed by atoms with Gasteiger partial charge in [0.05, 0.1) is 29.7 Å². The van der Waals surface area contributed by atoms with Gasteiger partial charge >= 0.3 is 0 Å². The van der Waals surface area contributed by atoms with E-state index in [2.05, 4.69) is 24.1 Å². The summed E-state index contributed by atoms with van der Waals surface area (Å²) < 4.78 is 5.10. The SMILES string of the molecule is COCC(C)(C)Nc1ccncc1N. The Labute approximate surface area is 84.5 Å². The van der Waals surface area contributed by atoms with Crippen LogP contribution in [0.4, 0.5) is 11.4 Å². The van der Waals surface area contributed by atoms with Crippen molar-refractivity contribution in [1.82, 2.24) is 4.98 Å². The topological polar surface area (TPSA) is 60.2 Å². The Morgan fingerprint density at radius 3 is 2.86 bits per heavy atom. The number of hydrogen-bond donors (Lipinski definition) is 2. The summed E-state index contributed by atoms with van der Waals surface area (Å²) in [6, 6.07) is 1.85. The van der Waals surface area contributed by atoms with Gasteiger partial charge < -0.3 is 15.8 Å². The molecule has 78 valence electrons. The molecule has 0 unspecified atom stereocenters. The second-order valence-electron chi connectivity index (χ2n) is 3.90. The minimum atomic E-state index is -0.135. The quantitative estimate of drug-likeness (QED) is 0.764. The van der Waals surface area contributed by atoms with Gasteiger partial charge in [0.25, 0.3) is 0 Å². The number of nitrogens with one attached hydrogen (secondary N) is 1. The molecule has 0 fully saturated rings. The molecule has 0 radical (unpaired) electrons. The molecule has 0 spiro atoms. The van der Waals surface area contributed by atoms with E-state index in [4.69, 9.17) is 10.5 Å². The van der Waals surface area contributed by atoms with Gasteiger partial charge in [-0.05, 0) is 19.9 Å². The summed E-state index contributed by atoms with van der Waals surface area (Å²) in [5.74, 6) is 0. The number of nitrogens with zero attached hydrogens (tertiary/aromatic N) is 1. The van der Waals surface area contributed by atoms with Gasteiger partial charge in [0.15, 0.2) is 0 Å². The van der Waals surface area contributed by atoms with E-state index in [9.17, 15) is 0 Å². The molecule has 0 atom stereocenters. The maximum Gasteiger partial charge on any atom is 0.0736 e. The fourth-order valence-corrected chi connectivity index (χ4v) is 1.28. The normalized spacial score (nSPS) is 11.4. The highest BCUT2D eigenvalue weighted by atomic mass is 16.5. The smallest absolute Gasteiger partial charge is 0.0736 e. The molecule has 1 rings (SSSR count). The molecule has 0 aliphatic carbocycles. The predicted molar refractivity (Wildman–Crippen MR) is 58.2 cm³/mol. The molecule has 0 saturated carbocycles. The first-order valence-electron chi connectivity index (χ1n) is 4.52. The molecule has 14 heavy (non-hydrogen) atoms. The summed E-state index contributed by atoms with van der Waals surface area (Å²) >= 11 is 0. The number of anilines is 2. The molecule has 1 aromatic rings. The van der Waals surface area contributed by atoms with Gasteiger partial charge in [-0.3, -0.25) is 4.98 Å². The van der Waals surface area contributed by atoms with E-state index in [0.29, 0.717) is 12.3 Å². The molecular formula is C10H17N3O. The maximum atomic E-state index is 5.76. The van der Waals surface area contributed by atoms with Crippen LogP contribution < -0.4 is 11.1 Å². The molecule has 4 nitrogen and oxygen atoms in total. The van der Waals surface area contributed by atoms with Crippen LogP contribution in [-0.2, 0) is 4.74 Å². The van der Waals surface area contributed by atoms with Gasteiger partial charge in [0.2, 0.25) is 0 Å². The maximum absolute atomic E-state index is 5.76. The Morgan fingerprint density at radius 2 is 2.29 bits per heavy atom. The van der Waals surface area contributed by atoms with E-state index in [1.54, 1.807) is 19.5 Å². The van der Waals surface area contributed by atoms with E-state index in [1.807, 2.05) is 6.07 Å². The monoisotopic (exact) mass is 195 g/mol. The summed E-state index contributed by atoms with van der Waals surface area (Å²) in [7, 11) is 1.68. The van der Waals surface area contributed by atoms with Crippen molar-refractivity contribution in [3.63, 3.8) is 0 Å². The number of aromatic nitrogens is 1. The van der Waals surface area contributed by atoms with Crippen LogP contribution in [0.2, 0.25) is 0 Å². The average Bonchev–Trinajstić information content (AvgIpc) is 2.08. The summed E-state index contributed by atoms with van der Waals surface area (Å²) in [5, 5.41) is 3.30. The molecule has 0 aliphatic heterocycles. The number of hydrogen-bond acceptors (Lipinski definition) is 4. The lowest BCUT2D eigenvalue weighted by Gasteiger charge is -2.27. The van der Waals surface area contributed by atoms with Crippen molar-refractivity contribution in [1.29, 1.82) is 0 Å². The predicted octanol–water partition coefficient (Wildman–Crippen LogP) is 1.50. The molecule has 0 bridgehead atoms. The van der Waals surface area contributed by atoms with Crippen LogP contribution in [0.25, 0.3) is 0 Å². The van der Waals surface area contributed by atoms with Crippen LogP contribution in [0, 0.1) is 0 Å². The lowest BCUT2D eigenvalue weighted by molar-refractivity contribution is 0.158. The van der Waals surface area contributed by atoms with Crippen LogP contribution in [0.15, 0.2) is 18.5 Å². The standard InChI is InChI=1S/C10H17N3O/c1-10(2,7-14-3)13-9-4-5-12-6-8(9)11/h4-6H,7,11H2,1-3H3,(H,12,13). The highest BCUT2D eigenvalue weighted by molar-refractivity contribution is 5.65. The minimum absolute atomic E-state index is 0.135. The zero-order chi connectivity index (χ0) is 10.6. The van der Waals surface area contributed by atoms with E-state index < -0.39 is 0 Å². The zero-order valence-electron chi connectivity index (χ0n) is 8.87. The van der Waals surface area contributed by atoms with Crippen LogP contribution in [0.3, 0.4) is 0 Å². The largest absolute Gasteiger partial charge is 0.396 e. The van der Waals surface area contributed by atoms with Crippen molar-refractivity contribution in [2.24, 2.45) is 0 Å². The molecule has 1 aromatic heterocycles. The van der Waals surface area contributed by atoms with Gasteiger partial charge in [-0.25, -0.2) is 0 Å². The first-order chi connectivity index (χ1) is 6.55. The van der Waals surface area contributed by atoms with Gasteiger partial charge in [0.1, 0.15) is 0 Å². The molecule has 0 aliphatic rings. The Hall–Kier alpha value is -1.29. The Kier molecular flexibility index (Phi) is 3.30. The number of rotatable bonds is 4. The number of nitrogen functional groups attached to an aromatic ring is 1. The Balaban J connectivity index is 2.73. The van der Waals surface area contributed by atoms with Crippen molar-refractivity contribution >= 4 is 11.4 Å². The first-order valence-corrected chi connectivity index (χ1v) is 4.52. The summed E-state index contributed by atoms with van der Waals surface area (Å²) in [4.78, 5) is 3.92. The Bertz CT molecular complexity index is 299. The van der Waals surface area contributed by atoms with Gasteiger partial charge in [-0.1, -0.05) is 0 Å². The lowest BCUT2D eigenvalue weighted by atomic mass is 10.1. The van der Waals surface area contributed by atoms with Crippen LogP contribution in [-0.4, -0.2) is 24.2 Å². The lowest BCUT2D eigenvalue weighted by Crippen LogP contribution is -2.36. The summed E-state index contributed by atoms with van der Waals surface area (Å²) in [6.45, 7) is 4.72. The number of methoxy groups -OCH3 is 1. The molecule has 0 saturated heterocycles. The molecule has 0 aromatic carbocycles. The molecule has 4 heteroatoms. The Morgan fingerprint density at radius 1 is 1.57 bits per heavy atom. The fraction of sp³-hybridized carbons (Fsp3) is 0.500. The third-order valence-electron chi connectivity index (χ3n) is 1.83. The van der Waals surface area contributed by atoms with E-state index in [1.165, 1.54) is 0 Å². The number of pyridine rings is 1. The number of ether oxygens (including phenoxy) is 1. The summed E-state index contributed by atoms with van der Waals surface area (Å²) in [5.41, 5.74) is 7.16. The van der Waals surface area contributed by atoms with Crippen molar-refractivity contribution in [2.75, 3.05) is 24.8 Å².